The standard InChI is InChI=1S/C22H27N7O4/c1-23-19-10-18(25-15-6-3-7-28(22(15)31)13-5-4-8-33-12-13)27-20-14(11-24-29(19)20)21(30)26-16-9-17(16)32-2/h3,6-7,10-11,13,16-17,23H,4-5,8-9,12H2,1-2H3,(H,25,27)(H,26,30)/t13-,16-,17-/m1/s1. The molecule has 0 bridgehead atoms. The van der Waals surface area contributed by atoms with Crippen molar-refractivity contribution in [2.75, 3.05) is 38.0 Å². The van der Waals surface area contributed by atoms with Crippen molar-refractivity contribution < 1.29 is 14.3 Å². The molecular formula is C22H27N7O4. The zero-order valence-electron chi connectivity index (χ0n) is 18.6. The number of nitrogens with one attached hydrogen (secondary N) is 3. The van der Waals surface area contributed by atoms with Gasteiger partial charge in [0.2, 0.25) is 0 Å². The molecule has 0 unspecified atom stereocenters. The third-order valence-electron chi connectivity index (χ3n) is 6.09. The molecule has 1 saturated heterocycles. The monoisotopic (exact) mass is 453 g/mol. The van der Waals surface area contributed by atoms with Crippen molar-refractivity contribution in [3.8, 4) is 0 Å². The van der Waals surface area contributed by atoms with Gasteiger partial charge in [0.25, 0.3) is 11.5 Å². The zero-order valence-corrected chi connectivity index (χ0v) is 18.6. The smallest absolute Gasteiger partial charge is 0.274 e. The van der Waals surface area contributed by atoms with Crippen LogP contribution in [0, 0.1) is 0 Å². The van der Waals surface area contributed by atoms with Crippen molar-refractivity contribution in [3.05, 3.63) is 46.5 Å². The van der Waals surface area contributed by atoms with E-state index in [0.717, 1.165) is 25.9 Å². The minimum absolute atomic E-state index is 0.00548. The van der Waals surface area contributed by atoms with Crippen LogP contribution in [-0.4, -0.2) is 64.6 Å². The molecule has 3 aromatic heterocycles. The number of hydrogen-bond acceptors (Lipinski definition) is 8. The number of carbonyl (C=O) groups excluding carboxylic acids is 1. The molecule has 33 heavy (non-hydrogen) atoms. The first-order valence-corrected chi connectivity index (χ1v) is 11.0. The van der Waals surface area contributed by atoms with Crippen molar-refractivity contribution >= 4 is 28.9 Å². The van der Waals surface area contributed by atoms with E-state index in [1.165, 1.54) is 6.20 Å². The van der Waals surface area contributed by atoms with Gasteiger partial charge in [0, 0.05) is 33.0 Å². The van der Waals surface area contributed by atoms with Crippen molar-refractivity contribution in [1.82, 2.24) is 24.5 Å². The molecular weight excluding hydrogens is 426 g/mol. The third kappa shape index (κ3) is 4.16. The molecule has 4 heterocycles. The van der Waals surface area contributed by atoms with Gasteiger partial charge in [-0.05, 0) is 31.4 Å². The molecule has 11 heteroatoms. The molecule has 1 aliphatic carbocycles. The fraction of sp³-hybridized carbons (Fsp3) is 0.455. The predicted molar refractivity (Wildman–Crippen MR) is 122 cm³/mol. The molecule has 0 aromatic carbocycles. The van der Waals surface area contributed by atoms with Crippen LogP contribution in [0.4, 0.5) is 17.3 Å². The average Bonchev–Trinajstić information content (AvgIpc) is 3.45. The summed E-state index contributed by atoms with van der Waals surface area (Å²) >= 11 is 0. The normalized spacial score (nSPS) is 22.2. The molecule has 3 atom stereocenters. The number of ether oxygens (including phenoxy) is 2. The van der Waals surface area contributed by atoms with Crippen molar-refractivity contribution in [3.63, 3.8) is 0 Å². The van der Waals surface area contributed by atoms with E-state index in [-0.39, 0.29) is 29.7 Å². The molecule has 0 radical (unpaired) electrons. The van der Waals surface area contributed by atoms with E-state index in [2.05, 4.69) is 26.0 Å². The molecule has 11 nitrogen and oxygen atoms in total. The van der Waals surface area contributed by atoms with Crippen LogP contribution in [0.25, 0.3) is 5.65 Å². The topological polar surface area (TPSA) is 124 Å². The van der Waals surface area contributed by atoms with E-state index in [4.69, 9.17) is 9.47 Å². The Hall–Kier alpha value is -3.44. The number of fused-ring (bicyclic) bond motifs is 1. The van der Waals surface area contributed by atoms with Crippen LogP contribution in [0.3, 0.4) is 0 Å². The van der Waals surface area contributed by atoms with Gasteiger partial charge in [0.05, 0.1) is 31.0 Å². The number of aromatic nitrogens is 4. The Morgan fingerprint density at radius 3 is 2.97 bits per heavy atom. The summed E-state index contributed by atoms with van der Waals surface area (Å²) in [5, 5.41) is 13.4. The number of hydrogen-bond donors (Lipinski definition) is 3. The van der Waals surface area contributed by atoms with E-state index in [9.17, 15) is 9.59 Å². The third-order valence-corrected chi connectivity index (χ3v) is 6.09. The highest BCUT2D eigenvalue weighted by molar-refractivity contribution is 6.00. The molecule has 2 aliphatic rings. The van der Waals surface area contributed by atoms with Crippen LogP contribution < -0.4 is 21.5 Å². The van der Waals surface area contributed by atoms with E-state index in [1.807, 2.05) is 6.07 Å². The predicted octanol–water partition coefficient (Wildman–Crippen LogP) is 1.54. The average molecular weight is 454 g/mol. The van der Waals surface area contributed by atoms with Gasteiger partial charge >= 0.3 is 0 Å². The highest BCUT2D eigenvalue weighted by Crippen LogP contribution is 2.26. The van der Waals surface area contributed by atoms with E-state index in [0.29, 0.717) is 35.1 Å². The van der Waals surface area contributed by atoms with E-state index in [1.54, 1.807) is 41.6 Å². The maximum atomic E-state index is 13.1. The Morgan fingerprint density at radius 1 is 1.36 bits per heavy atom. The maximum absolute atomic E-state index is 13.1. The molecule has 1 saturated carbocycles. The van der Waals surface area contributed by atoms with Crippen LogP contribution in [-0.2, 0) is 9.47 Å². The van der Waals surface area contributed by atoms with Gasteiger partial charge in [-0.1, -0.05) is 0 Å². The van der Waals surface area contributed by atoms with E-state index < -0.39 is 0 Å². The van der Waals surface area contributed by atoms with Gasteiger partial charge in [-0.15, -0.1) is 0 Å². The molecule has 1 amide bonds. The van der Waals surface area contributed by atoms with Crippen LogP contribution in [0.2, 0.25) is 0 Å². The second-order valence-corrected chi connectivity index (χ2v) is 8.29. The summed E-state index contributed by atoms with van der Waals surface area (Å²) in [7, 11) is 3.38. The van der Waals surface area contributed by atoms with Gasteiger partial charge in [0.1, 0.15) is 22.9 Å². The lowest BCUT2D eigenvalue weighted by atomic mass is 10.1. The Kier molecular flexibility index (Phi) is 5.73. The Labute approximate surface area is 190 Å². The summed E-state index contributed by atoms with van der Waals surface area (Å²) in [6, 6.07) is 5.29. The van der Waals surface area contributed by atoms with Crippen LogP contribution in [0.15, 0.2) is 35.4 Å². The zero-order chi connectivity index (χ0) is 22.9. The minimum Gasteiger partial charge on any atom is -0.379 e. The van der Waals surface area contributed by atoms with Crippen LogP contribution in [0.1, 0.15) is 35.7 Å². The number of amides is 1. The summed E-state index contributed by atoms with van der Waals surface area (Å²) in [5.74, 6) is 0.789. The molecule has 3 N–H and O–H groups in total. The Balaban J connectivity index is 1.45. The quantitative estimate of drug-likeness (QED) is 0.492. The maximum Gasteiger partial charge on any atom is 0.274 e. The minimum atomic E-state index is -0.263. The second kappa shape index (κ2) is 8.83. The van der Waals surface area contributed by atoms with Crippen molar-refractivity contribution in [2.45, 2.75) is 37.5 Å². The first-order valence-electron chi connectivity index (χ1n) is 11.0. The SMILES string of the molecule is CNc1cc(Nc2cccn([C@@H]3CCCOC3)c2=O)nc2c(C(=O)N[C@@H]3C[C@H]3OC)cnn12. The van der Waals surface area contributed by atoms with E-state index >= 15 is 0 Å². The van der Waals surface area contributed by atoms with Gasteiger partial charge in [-0.3, -0.25) is 9.59 Å². The molecule has 1 aliphatic heterocycles. The lowest BCUT2D eigenvalue weighted by Gasteiger charge is -2.24. The first kappa shape index (κ1) is 21.4. The van der Waals surface area contributed by atoms with Gasteiger partial charge in [-0.25, -0.2) is 4.98 Å². The van der Waals surface area contributed by atoms with Crippen molar-refractivity contribution in [2.24, 2.45) is 0 Å². The summed E-state index contributed by atoms with van der Waals surface area (Å²) in [6.45, 7) is 1.25. The molecule has 2 fully saturated rings. The van der Waals surface area contributed by atoms with Crippen LogP contribution in [0.5, 0.6) is 0 Å². The fourth-order valence-electron chi connectivity index (χ4n) is 4.17. The summed E-state index contributed by atoms with van der Waals surface area (Å²) in [4.78, 5) is 30.5. The summed E-state index contributed by atoms with van der Waals surface area (Å²) in [5.41, 5.74) is 0.982. The molecule has 0 spiro atoms. The lowest BCUT2D eigenvalue weighted by molar-refractivity contribution is 0.0581. The van der Waals surface area contributed by atoms with Gasteiger partial charge in [-0.2, -0.15) is 9.61 Å². The van der Waals surface area contributed by atoms with Crippen molar-refractivity contribution in [1.29, 1.82) is 0 Å². The Morgan fingerprint density at radius 2 is 2.24 bits per heavy atom. The highest BCUT2D eigenvalue weighted by Gasteiger charge is 2.39. The number of carbonyl (C=O) groups is 1. The highest BCUT2D eigenvalue weighted by atomic mass is 16.5. The van der Waals surface area contributed by atoms with Gasteiger partial charge in [0.15, 0.2) is 5.65 Å². The number of rotatable bonds is 7. The summed E-state index contributed by atoms with van der Waals surface area (Å²) < 4.78 is 14.1. The largest absolute Gasteiger partial charge is 0.379 e. The Bertz CT molecular complexity index is 1230. The number of pyridine rings is 1. The number of anilines is 3. The summed E-state index contributed by atoms with van der Waals surface area (Å²) in [6.07, 6.45) is 5.94. The molecule has 174 valence electrons. The molecule has 5 rings (SSSR count). The number of nitrogens with zero attached hydrogens (tertiary/aromatic N) is 4. The first-order chi connectivity index (χ1) is 16.1. The van der Waals surface area contributed by atoms with Gasteiger partial charge < -0.3 is 30.0 Å². The molecule has 3 aromatic rings. The second-order valence-electron chi connectivity index (χ2n) is 8.29. The lowest BCUT2D eigenvalue weighted by Crippen LogP contribution is -2.31. The van der Waals surface area contributed by atoms with Crippen LogP contribution >= 0.6 is 0 Å². The fourth-order valence-corrected chi connectivity index (χ4v) is 4.17. The number of methoxy groups -OCH3 is 1.